The third kappa shape index (κ3) is 6.12. The molecule has 0 saturated heterocycles. The fourth-order valence-electron chi connectivity index (χ4n) is 2.74. The first-order valence-electron chi connectivity index (χ1n) is 9.22. The molecule has 3 aromatic rings. The van der Waals surface area contributed by atoms with Crippen LogP contribution in [0, 0.1) is 10.5 Å². The molecule has 3 aromatic carbocycles. The number of aryl methyl sites for hydroxylation is 1. The van der Waals surface area contributed by atoms with E-state index in [0.29, 0.717) is 33.7 Å². The number of carbonyl (C=O) groups is 1. The van der Waals surface area contributed by atoms with Gasteiger partial charge in [0.25, 0.3) is 5.91 Å². The molecule has 0 radical (unpaired) electrons. The van der Waals surface area contributed by atoms with Crippen molar-refractivity contribution in [3.8, 4) is 11.5 Å². The highest BCUT2D eigenvalue weighted by molar-refractivity contribution is 14.1. The number of methoxy groups -OCH3 is 1. The van der Waals surface area contributed by atoms with E-state index in [0.717, 1.165) is 20.3 Å². The van der Waals surface area contributed by atoms with Gasteiger partial charge in [0.2, 0.25) is 0 Å². The molecule has 0 aromatic heterocycles. The highest BCUT2D eigenvalue weighted by Gasteiger charge is 2.12. The summed E-state index contributed by atoms with van der Waals surface area (Å²) in [6.07, 6.45) is 1.53. The Morgan fingerprint density at radius 2 is 1.90 bits per heavy atom. The van der Waals surface area contributed by atoms with Gasteiger partial charge in [-0.25, -0.2) is 5.43 Å². The third-order valence-corrected chi connectivity index (χ3v) is 5.99. The largest absolute Gasteiger partial charge is 0.493 e. The number of rotatable bonds is 7. The molecule has 0 aliphatic carbocycles. The van der Waals surface area contributed by atoms with Gasteiger partial charge in [-0.2, -0.15) is 5.10 Å². The maximum Gasteiger partial charge on any atom is 0.271 e. The Hall–Kier alpha value is -2.29. The molecule has 1 amide bonds. The molecule has 0 spiro atoms. The predicted octanol–water partition coefficient (Wildman–Crippen LogP) is 6.26. The summed E-state index contributed by atoms with van der Waals surface area (Å²) < 4.78 is 12.4. The minimum atomic E-state index is -0.394. The maximum absolute atomic E-state index is 12.2. The second kappa shape index (κ2) is 10.8. The first-order chi connectivity index (χ1) is 14.9. The molecule has 0 aliphatic rings. The molecule has 5 nitrogen and oxygen atoms in total. The molecule has 0 unspecified atom stereocenters. The second-order valence-electron chi connectivity index (χ2n) is 6.58. The molecular formula is C23H19Cl2IN2O3. The standard InChI is InChI=1S/C23H19Cl2IN2O3/c1-14-5-3-4-6-17(14)13-31-22-20(26)9-15(10-21(22)30-2)12-27-28-23(29)16-7-8-18(24)19(25)11-16/h3-12H,13H2,1-2H3,(H,28,29)/b27-12-. The van der Waals surface area contributed by atoms with Crippen LogP contribution in [0.2, 0.25) is 10.0 Å². The number of amides is 1. The van der Waals surface area contributed by atoms with Gasteiger partial charge in [0.1, 0.15) is 6.61 Å². The summed E-state index contributed by atoms with van der Waals surface area (Å²) in [6, 6.07) is 16.4. The van der Waals surface area contributed by atoms with Crippen LogP contribution in [-0.4, -0.2) is 19.2 Å². The number of hydrazone groups is 1. The van der Waals surface area contributed by atoms with E-state index in [2.05, 4.69) is 33.1 Å². The maximum atomic E-state index is 12.2. The van der Waals surface area contributed by atoms with Crippen LogP contribution in [0.1, 0.15) is 27.0 Å². The molecule has 0 atom stereocenters. The van der Waals surface area contributed by atoms with Gasteiger partial charge in [0.15, 0.2) is 11.5 Å². The summed E-state index contributed by atoms with van der Waals surface area (Å²) in [5, 5.41) is 4.71. The van der Waals surface area contributed by atoms with Crippen LogP contribution >= 0.6 is 45.8 Å². The number of halogens is 3. The number of hydrogen-bond acceptors (Lipinski definition) is 4. The van der Waals surface area contributed by atoms with Crippen molar-refractivity contribution in [3.63, 3.8) is 0 Å². The van der Waals surface area contributed by atoms with Crippen molar-refractivity contribution in [2.75, 3.05) is 7.11 Å². The molecule has 0 aliphatic heterocycles. The number of carbonyl (C=O) groups excluding carboxylic acids is 1. The van der Waals surface area contributed by atoms with E-state index in [4.69, 9.17) is 32.7 Å². The van der Waals surface area contributed by atoms with E-state index >= 15 is 0 Å². The Labute approximate surface area is 204 Å². The fourth-order valence-corrected chi connectivity index (χ4v) is 3.82. The Bertz CT molecular complexity index is 1140. The highest BCUT2D eigenvalue weighted by Crippen LogP contribution is 2.34. The summed E-state index contributed by atoms with van der Waals surface area (Å²) >= 11 is 14.0. The summed E-state index contributed by atoms with van der Waals surface area (Å²) in [4.78, 5) is 12.2. The van der Waals surface area contributed by atoms with E-state index in [1.54, 1.807) is 25.3 Å². The van der Waals surface area contributed by atoms with Crippen molar-refractivity contribution in [2.24, 2.45) is 5.10 Å². The lowest BCUT2D eigenvalue weighted by molar-refractivity contribution is 0.0955. The molecule has 0 saturated carbocycles. The average molecular weight is 569 g/mol. The Morgan fingerprint density at radius 3 is 2.61 bits per heavy atom. The Kier molecular flexibility index (Phi) is 8.17. The van der Waals surface area contributed by atoms with Gasteiger partial charge >= 0.3 is 0 Å². The zero-order valence-corrected chi connectivity index (χ0v) is 20.5. The van der Waals surface area contributed by atoms with E-state index < -0.39 is 5.91 Å². The molecule has 0 fully saturated rings. The predicted molar refractivity (Wildman–Crippen MR) is 133 cm³/mol. The lowest BCUT2D eigenvalue weighted by Crippen LogP contribution is -2.17. The third-order valence-electron chi connectivity index (χ3n) is 4.45. The molecule has 3 rings (SSSR count). The smallest absolute Gasteiger partial charge is 0.271 e. The lowest BCUT2D eigenvalue weighted by atomic mass is 10.1. The van der Waals surface area contributed by atoms with Crippen molar-refractivity contribution in [2.45, 2.75) is 13.5 Å². The SMILES string of the molecule is COc1cc(/C=N\NC(=O)c2ccc(Cl)c(Cl)c2)cc(I)c1OCc1ccccc1C. The topological polar surface area (TPSA) is 59.9 Å². The highest BCUT2D eigenvalue weighted by atomic mass is 127. The fraction of sp³-hybridized carbons (Fsp3) is 0.130. The lowest BCUT2D eigenvalue weighted by Gasteiger charge is -2.14. The normalized spacial score (nSPS) is 10.9. The van der Waals surface area contributed by atoms with E-state index in [9.17, 15) is 4.79 Å². The minimum absolute atomic E-state index is 0.305. The number of nitrogens with zero attached hydrogens (tertiary/aromatic N) is 1. The number of benzene rings is 3. The van der Waals surface area contributed by atoms with Crippen molar-refractivity contribution in [1.29, 1.82) is 0 Å². The minimum Gasteiger partial charge on any atom is -0.493 e. The number of ether oxygens (including phenoxy) is 2. The molecule has 0 heterocycles. The van der Waals surface area contributed by atoms with Crippen LogP contribution in [0.4, 0.5) is 0 Å². The van der Waals surface area contributed by atoms with Crippen molar-refractivity contribution < 1.29 is 14.3 Å². The zero-order chi connectivity index (χ0) is 22.4. The molecule has 0 bridgehead atoms. The Morgan fingerprint density at radius 1 is 1.13 bits per heavy atom. The van der Waals surface area contributed by atoms with Crippen LogP contribution < -0.4 is 14.9 Å². The van der Waals surface area contributed by atoms with Gasteiger partial charge in [-0.1, -0.05) is 47.5 Å². The van der Waals surface area contributed by atoms with Crippen LogP contribution in [-0.2, 0) is 6.61 Å². The van der Waals surface area contributed by atoms with Crippen molar-refractivity contribution >= 4 is 57.9 Å². The van der Waals surface area contributed by atoms with Gasteiger partial charge in [-0.05, 0) is 76.5 Å². The van der Waals surface area contributed by atoms with Gasteiger partial charge in [-0.3, -0.25) is 4.79 Å². The van der Waals surface area contributed by atoms with E-state index in [1.165, 1.54) is 12.3 Å². The zero-order valence-electron chi connectivity index (χ0n) is 16.8. The first kappa shape index (κ1) is 23.4. The number of hydrogen-bond donors (Lipinski definition) is 1. The van der Waals surface area contributed by atoms with Gasteiger partial charge < -0.3 is 9.47 Å². The molecule has 8 heteroatoms. The average Bonchev–Trinajstić information content (AvgIpc) is 2.75. The van der Waals surface area contributed by atoms with Crippen LogP contribution in [0.3, 0.4) is 0 Å². The van der Waals surface area contributed by atoms with Crippen LogP contribution in [0.25, 0.3) is 0 Å². The van der Waals surface area contributed by atoms with Gasteiger partial charge in [0, 0.05) is 5.56 Å². The summed E-state index contributed by atoms with van der Waals surface area (Å²) in [5.41, 5.74) is 5.85. The second-order valence-corrected chi connectivity index (χ2v) is 8.55. The van der Waals surface area contributed by atoms with E-state index in [-0.39, 0.29) is 0 Å². The molecule has 160 valence electrons. The number of nitrogens with one attached hydrogen (secondary N) is 1. The van der Waals surface area contributed by atoms with E-state index in [1.807, 2.05) is 37.3 Å². The van der Waals surface area contributed by atoms with Crippen LogP contribution in [0.5, 0.6) is 11.5 Å². The molecular weight excluding hydrogens is 550 g/mol. The summed E-state index contributed by atoms with van der Waals surface area (Å²) in [6.45, 7) is 2.49. The van der Waals surface area contributed by atoms with Gasteiger partial charge in [-0.15, -0.1) is 0 Å². The quantitative estimate of drug-likeness (QED) is 0.208. The summed E-state index contributed by atoms with van der Waals surface area (Å²) in [7, 11) is 1.58. The molecule has 31 heavy (non-hydrogen) atoms. The van der Waals surface area contributed by atoms with Crippen molar-refractivity contribution in [3.05, 3.63) is 90.5 Å². The van der Waals surface area contributed by atoms with Gasteiger partial charge in [0.05, 0.1) is 26.9 Å². The van der Waals surface area contributed by atoms with Crippen molar-refractivity contribution in [1.82, 2.24) is 5.43 Å². The van der Waals surface area contributed by atoms with Crippen LogP contribution in [0.15, 0.2) is 59.7 Å². The first-order valence-corrected chi connectivity index (χ1v) is 11.1. The monoisotopic (exact) mass is 568 g/mol. The summed E-state index contributed by atoms with van der Waals surface area (Å²) in [5.74, 6) is 0.843. The molecule has 1 N–H and O–H groups in total. The Balaban J connectivity index is 1.70.